The van der Waals surface area contributed by atoms with Crippen molar-refractivity contribution in [3.05, 3.63) is 59.7 Å². The van der Waals surface area contributed by atoms with Crippen LogP contribution in [0, 0.1) is 29.6 Å². The molecule has 2 rings (SSSR count). The van der Waals surface area contributed by atoms with Crippen LogP contribution in [-0.4, -0.2) is 11.6 Å². The fourth-order valence-electron chi connectivity index (χ4n) is 1.81. The molecule has 0 unspecified atom stereocenters. The molecular weight excluding hydrogens is 290 g/mol. The number of para-hydroxylation sites is 1. The first-order chi connectivity index (χ1) is 11.1. The van der Waals surface area contributed by atoms with Gasteiger partial charge >= 0.3 is 0 Å². The van der Waals surface area contributed by atoms with Crippen molar-refractivity contribution in [2.45, 2.75) is 6.92 Å². The SMILES string of the molecule is Cc1ccc(NC(=O)c2ccccc2NN=C(C#N)C#N)cc1. The Kier molecular flexibility index (Phi) is 5.06. The summed E-state index contributed by atoms with van der Waals surface area (Å²) in [6.45, 7) is 1.96. The van der Waals surface area contributed by atoms with Crippen LogP contribution in [0.4, 0.5) is 11.4 Å². The summed E-state index contributed by atoms with van der Waals surface area (Å²) >= 11 is 0. The molecule has 2 N–H and O–H groups in total. The van der Waals surface area contributed by atoms with Crippen molar-refractivity contribution in [1.29, 1.82) is 10.5 Å². The highest BCUT2D eigenvalue weighted by atomic mass is 16.1. The zero-order valence-corrected chi connectivity index (χ0v) is 12.4. The molecule has 0 fully saturated rings. The van der Waals surface area contributed by atoms with Crippen LogP contribution < -0.4 is 10.7 Å². The Morgan fingerprint density at radius 3 is 2.35 bits per heavy atom. The zero-order valence-electron chi connectivity index (χ0n) is 12.4. The number of nitrogens with one attached hydrogen (secondary N) is 2. The van der Waals surface area contributed by atoms with Gasteiger partial charge in [-0.3, -0.25) is 10.2 Å². The van der Waals surface area contributed by atoms with Gasteiger partial charge in [0, 0.05) is 5.69 Å². The highest BCUT2D eigenvalue weighted by Crippen LogP contribution is 2.17. The predicted molar refractivity (Wildman–Crippen MR) is 87.9 cm³/mol. The van der Waals surface area contributed by atoms with Gasteiger partial charge < -0.3 is 5.32 Å². The second-order valence-corrected chi connectivity index (χ2v) is 4.66. The summed E-state index contributed by atoms with van der Waals surface area (Å²) in [5.41, 5.74) is 4.78. The van der Waals surface area contributed by atoms with Crippen molar-refractivity contribution in [1.82, 2.24) is 0 Å². The van der Waals surface area contributed by atoms with Gasteiger partial charge in [-0.1, -0.05) is 29.8 Å². The Balaban J connectivity index is 2.21. The van der Waals surface area contributed by atoms with Gasteiger partial charge in [-0.15, -0.1) is 0 Å². The lowest BCUT2D eigenvalue weighted by Gasteiger charge is -2.09. The highest BCUT2D eigenvalue weighted by molar-refractivity contribution is 6.11. The van der Waals surface area contributed by atoms with Crippen LogP contribution in [-0.2, 0) is 0 Å². The van der Waals surface area contributed by atoms with Crippen LogP contribution in [0.2, 0.25) is 0 Å². The number of carbonyl (C=O) groups excluding carboxylic acids is 1. The number of anilines is 2. The van der Waals surface area contributed by atoms with E-state index in [2.05, 4.69) is 15.8 Å². The molecule has 6 heteroatoms. The Morgan fingerprint density at radius 2 is 1.70 bits per heavy atom. The number of carbonyl (C=O) groups is 1. The molecule has 0 saturated heterocycles. The summed E-state index contributed by atoms with van der Waals surface area (Å²) in [5.74, 6) is -0.317. The summed E-state index contributed by atoms with van der Waals surface area (Å²) in [6, 6.07) is 17.4. The molecule has 0 atom stereocenters. The number of nitrogens with zero attached hydrogens (tertiary/aromatic N) is 3. The van der Waals surface area contributed by atoms with E-state index in [1.807, 2.05) is 31.2 Å². The van der Waals surface area contributed by atoms with E-state index in [1.165, 1.54) is 0 Å². The molecule has 2 aromatic rings. The van der Waals surface area contributed by atoms with Crippen LogP contribution >= 0.6 is 0 Å². The molecule has 1 amide bonds. The number of rotatable bonds is 4. The van der Waals surface area contributed by atoms with Crippen LogP contribution in [0.25, 0.3) is 0 Å². The van der Waals surface area contributed by atoms with E-state index in [4.69, 9.17) is 10.5 Å². The number of hydrogen-bond donors (Lipinski definition) is 2. The Labute approximate surface area is 133 Å². The molecule has 0 heterocycles. The Hall–Kier alpha value is -3.64. The first-order valence-corrected chi connectivity index (χ1v) is 6.75. The van der Waals surface area contributed by atoms with Crippen LogP contribution in [0.1, 0.15) is 15.9 Å². The molecule has 0 saturated carbocycles. The van der Waals surface area contributed by atoms with E-state index in [0.29, 0.717) is 16.9 Å². The summed E-state index contributed by atoms with van der Waals surface area (Å²) in [5, 5.41) is 23.8. The van der Waals surface area contributed by atoms with E-state index >= 15 is 0 Å². The normalized spacial score (nSPS) is 9.17. The van der Waals surface area contributed by atoms with Gasteiger partial charge in [-0.05, 0) is 31.2 Å². The second-order valence-electron chi connectivity index (χ2n) is 4.66. The van der Waals surface area contributed by atoms with Gasteiger partial charge in [-0.25, -0.2) is 0 Å². The highest BCUT2D eigenvalue weighted by Gasteiger charge is 2.11. The quantitative estimate of drug-likeness (QED) is 0.669. The summed E-state index contributed by atoms with van der Waals surface area (Å²) in [4.78, 5) is 12.4. The molecule has 0 radical (unpaired) electrons. The lowest BCUT2D eigenvalue weighted by molar-refractivity contribution is 0.102. The van der Waals surface area contributed by atoms with E-state index in [9.17, 15) is 4.79 Å². The molecule has 23 heavy (non-hydrogen) atoms. The van der Waals surface area contributed by atoms with Crippen molar-refractivity contribution in [2.75, 3.05) is 10.7 Å². The number of hydrazone groups is 1. The van der Waals surface area contributed by atoms with Crippen molar-refractivity contribution in [3.63, 3.8) is 0 Å². The van der Waals surface area contributed by atoms with E-state index < -0.39 is 0 Å². The van der Waals surface area contributed by atoms with Gasteiger partial charge in [0.2, 0.25) is 5.71 Å². The molecule has 0 aliphatic heterocycles. The third-order valence-corrected chi connectivity index (χ3v) is 2.98. The van der Waals surface area contributed by atoms with E-state index in [1.54, 1.807) is 36.4 Å². The van der Waals surface area contributed by atoms with Gasteiger partial charge in [0.05, 0.1) is 11.3 Å². The first-order valence-electron chi connectivity index (χ1n) is 6.75. The smallest absolute Gasteiger partial charge is 0.257 e. The Morgan fingerprint density at radius 1 is 1.04 bits per heavy atom. The number of aryl methyl sites for hydroxylation is 1. The molecule has 112 valence electrons. The van der Waals surface area contributed by atoms with Crippen LogP contribution in [0.15, 0.2) is 53.6 Å². The van der Waals surface area contributed by atoms with Crippen LogP contribution in [0.3, 0.4) is 0 Å². The molecular formula is C17H13N5O. The number of benzene rings is 2. The molecule has 0 aromatic heterocycles. The fourth-order valence-corrected chi connectivity index (χ4v) is 1.81. The standard InChI is InChI=1S/C17H13N5O/c1-12-6-8-13(9-7-12)20-17(23)15-4-2-3-5-16(15)22-21-14(10-18)11-19/h2-9,22H,1H3,(H,20,23). The Bertz CT molecular complexity index is 809. The van der Waals surface area contributed by atoms with Crippen molar-refractivity contribution >= 4 is 23.0 Å². The summed E-state index contributed by atoms with van der Waals surface area (Å²) in [7, 11) is 0. The maximum Gasteiger partial charge on any atom is 0.257 e. The van der Waals surface area contributed by atoms with Gasteiger partial charge in [0.15, 0.2) is 0 Å². The van der Waals surface area contributed by atoms with Gasteiger partial charge in [-0.2, -0.15) is 15.6 Å². The fraction of sp³-hybridized carbons (Fsp3) is 0.0588. The third kappa shape index (κ3) is 4.16. The summed E-state index contributed by atoms with van der Waals surface area (Å²) in [6.07, 6.45) is 0. The molecule has 2 aromatic carbocycles. The monoisotopic (exact) mass is 303 g/mol. The lowest BCUT2D eigenvalue weighted by atomic mass is 10.1. The zero-order chi connectivity index (χ0) is 16.7. The van der Waals surface area contributed by atoms with Gasteiger partial charge in [0.1, 0.15) is 12.1 Å². The first kappa shape index (κ1) is 15.7. The number of nitriles is 2. The maximum absolute atomic E-state index is 12.4. The minimum atomic E-state index is -0.321. The van der Waals surface area contributed by atoms with Crippen molar-refractivity contribution in [2.24, 2.45) is 5.10 Å². The summed E-state index contributed by atoms with van der Waals surface area (Å²) < 4.78 is 0. The lowest BCUT2D eigenvalue weighted by Crippen LogP contribution is -2.14. The second kappa shape index (κ2) is 7.39. The molecule has 6 nitrogen and oxygen atoms in total. The molecule has 0 spiro atoms. The largest absolute Gasteiger partial charge is 0.322 e. The van der Waals surface area contributed by atoms with Crippen LogP contribution in [0.5, 0.6) is 0 Å². The minimum absolute atomic E-state index is 0.317. The predicted octanol–water partition coefficient (Wildman–Crippen LogP) is 3.06. The topological polar surface area (TPSA) is 101 Å². The average Bonchev–Trinajstić information content (AvgIpc) is 2.58. The maximum atomic E-state index is 12.4. The van der Waals surface area contributed by atoms with Crippen molar-refractivity contribution in [3.8, 4) is 12.1 Å². The number of hydrogen-bond acceptors (Lipinski definition) is 5. The van der Waals surface area contributed by atoms with E-state index in [-0.39, 0.29) is 11.6 Å². The average molecular weight is 303 g/mol. The number of amides is 1. The molecule has 0 aliphatic rings. The molecule has 0 aliphatic carbocycles. The minimum Gasteiger partial charge on any atom is -0.322 e. The van der Waals surface area contributed by atoms with Gasteiger partial charge in [0.25, 0.3) is 5.91 Å². The molecule has 0 bridgehead atoms. The van der Waals surface area contributed by atoms with E-state index in [0.717, 1.165) is 5.56 Å². The van der Waals surface area contributed by atoms with Crippen molar-refractivity contribution < 1.29 is 4.79 Å². The third-order valence-electron chi connectivity index (χ3n) is 2.98.